The SMILES string of the molecule is CC(CO)C1=Cc2ccc(F)cc2S1(=O)=O. The molecule has 1 N–H and O–H groups in total. The monoisotopic (exact) mass is 242 g/mol. The van der Waals surface area contributed by atoms with E-state index in [-0.39, 0.29) is 16.4 Å². The van der Waals surface area contributed by atoms with E-state index < -0.39 is 21.6 Å². The number of hydrogen-bond donors (Lipinski definition) is 1. The molecular formula is C11H11FO3S. The average molecular weight is 242 g/mol. The van der Waals surface area contributed by atoms with Crippen LogP contribution in [0, 0.1) is 11.7 Å². The first-order chi connectivity index (χ1) is 7.46. The topological polar surface area (TPSA) is 54.4 Å². The molecule has 16 heavy (non-hydrogen) atoms. The molecular weight excluding hydrogens is 231 g/mol. The van der Waals surface area contributed by atoms with Crippen LogP contribution in [0.25, 0.3) is 6.08 Å². The fourth-order valence-electron chi connectivity index (χ4n) is 1.72. The molecule has 1 unspecified atom stereocenters. The van der Waals surface area contributed by atoms with Crippen molar-refractivity contribution in [2.45, 2.75) is 11.8 Å². The standard InChI is InChI=1S/C11H11FO3S/c1-7(6-13)10-4-8-2-3-9(12)5-11(8)16(10,14)15/h2-5,7,13H,6H2,1H3. The van der Waals surface area contributed by atoms with E-state index >= 15 is 0 Å². The van der Waals surface area contributed by atoms with Gasteiger partial charge < -0.3 is 5.11 Å². The van der Waals surface area contributed by atoms with Crippen molar-refractivity contribution in [3.63, 3.8) is 0 Å². The van der Waals surface area contributed by atoms with Crippen LogP contribution in [0.1, 0.15) is 12.5 Å². The van der Waals surface area contributed by atoms with Gasteiger partial charge in [-0.25, -0.2) is 12.8 Å². The van der Waals surface area contributed by atoms with Gasteiger partial charge in [0.15, 0.2) is 0 Å². The van der Waals surface area contributed by atoms with Gasteiger partial charge in [0.2, 0.25) is 9.84 Å². The van der Waals surface area contributed by atoms with Crippen LogP contribution >= 0.6 is 0 Å². The van der Waals surface area contributed by atoms with E-state index in [4.69, 9.17) is 5.11 Å². The van der Waals surface area contributed by atoms with Crippen LogP contribution in [0.3, 0.4) is 0 Å². The molecule has 0 fully saturated rings. The average Bonchev–Trinajstić information content (AvgIpc) is 2.50. The Morgan fingerprint density at radius 1 is 1.44 bits per heavy atom. The summed E-state index contributed by atoms with van der Waals surface area (Å²) < 4.78 is 37.0. The number of hydrogen-bond acceptors (Lipinski definition) is 3. The third-order valence-corrected chi connectivity index (χ3v) is 4.71. The van der Waals surface area contributed by atoms with E-state index in [0.717, 1.165) is 6.07 Å². The van der Waals surface area contributed by atoms with E-state index in [1.165, 1.54) is 18.2 Å². The molecule has 1 aliphatic rings. The highest BCUT2D eigenvalue weighted by Gasteiger charge is 2.32. The van der Waals surface area contributed by atoms with E-state index in [1.807, 2.05) is 0 Å². The Hall–Kier alpha value is -1.20. The van der Waals surface area contributed by atoms with Crippen molar-refractivity contribution in [3.05, 3.63) is 34.5 Å². The smallest absolute Gasteiger partial charge is 0.203 e. The Labute approximate surface area is 93.1 Å². The molecule has 2 rings (SSSR count). The van der Waals surface area contributed by atoms with Gasteiger partial charge in [-0.2, -0.15) is 0 Å². The summed E-state index contributed by atoms with van der Waals surface area (Å²) in [5.41, 5.74) is 0.483. The van der Waals surface area contributed by atoms with Gasteiger partial charge in [0.05, 0.1) is 16.4 Å². The zero-order valence-corrected chi connectivity index (χ0v) is 9.46. The van der Waals surface area contributed by atoms with E-state index in [9.17, 15) is 12.8 Å². The molecule has 0 saturated carbocycles. The van der Waals surface area contributed by atoms with Gasteiger partial charge >= 0.3 is 0 Å². The Kier molecular flexibility index (Phi) is 2.59. The predicted molar refractivity (Wildman–Crippen MR) is 57.8 cm³/mol. The molecule has 0 amide bonds. The molecule has 86 valence electrons. The quantitative estimate of drug-likeness (QED) is 0.856. The van der Waals surface area contributed by atoms with Crippen molar-refractivity contribution >= 4 is 15.9 Å². The Morgan fingerprint density at radius 2 is 2.12 bits per heavy atom. The first kappa shape index (κ1) is 11.3. The highest BCUT2D eigenvalue weighted by atomic mass is 32.2. The van der Waals surface area contributed by atoms with Crippen LogP contribution in [0.4, 0.5) is 4.39 Å². The first-order valence-electron chi connectivity index (χ1n) is 4.84. The molecule has 0 spiro atoms. The second-order valence-electron chi connectivity index (χ2n) is 3.82. The van der Waals surface area contributed by atoms with Crippen molar-refractivity contribution < 1.29 is 17.9 Å². The molecule has 0 radical (unpaired) electrons. The van der Waals surface area contributed by atoms with Crippen molar-refractivity contribution in [3.8, 4) is 0 Å². The summed E-state index contributed by atoms with van der Waals surface area (Å²) in [4.78, 5) is 0.137. The molecule has 3 nitrogen and oxygen atoms in total. The molecule has 0 aliphatic carbocycles. The van der Waals surface area contributed by atoms with E-state index in [0.29, 0.717) is 5.56 Å². The highest BCUT2D eigenvalue weighted by Crippen LogP contribution is 2.36. The summed E-state index contributed by atoms with van der Waals surface area (Å²) in [6, 6.07) is 3.66. The van der Waals surface area contributed by atoms with Crippen LogP contribution in [-0.4, -0.2) is 20.1 Å². The predicted octanol–water partition coefficient (Wildman–Crippen LogP) is 1.58. The minimum absolute atomic E-state index is 0.0113. The van der Waals surface area contributed by atoms with E-state index in [1.54, 1.807) is 6.92 Å². The Morgan fingerprint density at radius 3 is 2.75 bits per heavy atom. The summed E-state index contributed by atoms with van der Waals surface area (Å²) in [7, 11) is -3.62. The number of benzene rings is 1. The normalized spacial score (nSPS) is 19.1. The minimum Gasteiger partial charge on any atom is -0.396 e. The van der Waals surface area contributed by atoms with Gasteiger partial charge in [0.25, 0.3) is 0 Å². The summed E-state index contributed by atoms with van der Waals surface area (Å²) in [5, 5.41) is 8.98. The molecule has 1 atom stereocenters. The van der Waals surface area contributed by atoms with Gasteiger partial charge in [0.1, 0.15) is 5.82 Å². The lowest BCUT2D eigenvalue weighted by atomic mass is 10.1. The maximum absolute atomic E-state index is 13.0. The second kappa shape index (κ2) is 3.68. The molecule has 1 aliphatic heterocycles. The van der Waals surface area contributed by atoms with Crippen LogP contribution in [0.15, 0.2) is 28.0 Å². The Bertz CT molecular complexity index is 561. The minimum atomic E-state index is -3.62. The molecule has 1 heterocycles. The third kappa shape index (κ3) is 1.56. The third-order valence-electron chi connectivity index (χ3n) is 2.63. The van der Waals surface area contributed by atoms with Crippen LogP contribution in [0.2, 0.25) is 0 Å². The summed E-state index contributed by atoms with van der Waals surface area (Å²) >= 11 is 0. The molecule has 0 aromatic heterocycles. The highest BCUT2D eigenvalue weighted by molar-refractivity contribution is 7.95. The number of aliphatic hydroxyl groups is 1. The van der Waals surface area contributed by atoms with Gasteiger partial charge in [0, 0.05) is 5.92 Å². The van der Waals surface area contributed by atoms with Gasteiger partial charge in [-0.1, -0.05) is 13.0 Å². The largest absolute Gasteiger partial charge is 0.396 e. The fourth-order valence-corrected chi connectivity index (χ4v) is 3.56. The maximum atomic E-state index is 13.0. The van der Waals surface area contributed by atoms with Crippen LogP contribution in [0.5, 0.6) is 0 Å². The first-order valence-corrected chi connectivity index (χ1v) is 6.32. The number of aliphatic hydroxyl groups excluding tert-OH is 1. The lowest BCUT2D eigenvalue weighted by Gasteiger charge is -2.09. The van der Waals surface area contributed by atoms with Crippen LogP contribution < -0.4 is 0 Å². The number of rotatable bonds is 2. The molecule has 1 aromatic carbocycles. The summed E-state index contributed by atoms with van der Waals surface area (Å²) in [5.74, 6) is -1.05. The van der Waals surface area contributed by atoms with Crippen molar-refractivity contribution in [1.82, 2.24) is 0 Å². The van der Waals surface area contributed by atoms with Crippen LogP contribution in [-0.2, 0) is 9.84 Å². The fraction of sp³-hybridized carbons (Fsp3) is 0.273. The molecule has 5 heteroatoms. The van der Waals surface area contributed by atoms with Gasteiger partial charge in [-0.15, -0.1) is 0 Å². The molecule has 0 bridgehead atoms. The maximum Gasteiger partial charge on any atom is 0.203 e. The second-order valence-corrected chi connectivity index (χ2v) is 5.73. The van der Waals surface area contributed by atoms with Gasteiger partial charge in [-0.3, -0.25) is 0 Å². The van der Waals surface area contributed by atoms with Crippen molar-refractivity contribution in [2.24, 2.45) is 5.92 Å². The van der Waals surface area contributed by atoms with E-state index in [2.05, 4.69) is 0 Å². The molecule has 1 aromatic rings. The number of fused-ring (bicyclic) bond motifs is 1. The lowest BCUT2D eigenvalue weighted by molar-refractivity contribution is 0.260. The van der Waals surface area contributed by atoms with Crippen molar-refractivity contribution in [1.29, 1.82) is 0 Å². The summed E-state index contributed by atoms with van der Waals surface area (Å²) in [6.07, 6.45) is 1.49. The number of sulfone groups is 1. The zero-order valence-electron chi connectivity index (χ0n) is 8.64. The van der Waals surface area contributed by atoms with Crippen molar-refractivity contribution in [2.75, 3.05) is 6.61 Å². The lowest BCUT2D eigenvalue weighted by Crippen LogP contribution is -2.11. The zero-order chi connectivity index (χ0) is 11.9. The Balaban J connectivity index is 2.60. The number of halogens is 1. The summed E-state index contributed by atoms with van der Waals surface area (Å²) in [6.45, 7) is 1.37. The molecule has 0 saturated heterocycles. The van der Waals surface area contributed by atoms with Gasteiger partial charge in [-0.05, 0) is 23.8 Å².